The van der Waals surface area contributed by atoms with Crippen LogP contribution in [0.3, 0.4) is 0 Å². The number of piperazine rings is 1. The van der Waals surface area contributed by atoms with Gasteiger partial charge in [0.15, 0.2) is 0 Å². The van der Waals surface area contributed by atoms with Gasteiger partial charge in [-0.1, -0.05) is 49.0 Å². The zero-order valence-corrected chi connectivity index (χ0v) is 23.4. The van der Waals surface area contributed by atoms with Crippen LogP contribution in [0.15, 0.2) is 91.6 Å². The molecule has 1 fully saturated rings. The van der Waals surface area contributed by atoms with E-state index >= 15 is 0 Å². The highest BCUT2D eigenvalue weighted by atomic mass is 16.5. The monoisotopic (exact) mass is 542 g/mol. The van der Waals surface area contributed by atoms with Crippen LogP contribution in [0.2, 0.25) is 0 Å². The Kier molecular flexibility index (Phi) is 9.42. The summed E-state index contributed by atoms with van der Waals surface area (Å²) in [7, 11) is 1.59. The predicted molar refractivity (Wildman–Crippen MR) is 160 cm³/mol. The first kappa shape index (κ1) is 28.7. The van der Waals surface area contributed by atoms with Crippen molar-refractivity contribution in [2.24, 2.45) is 5.84 Å². The fourth-order valence-corrected chi connectivity index (χ4v) is 4.81. The second kappa shape index (κ2) is 13.1. The molecule has 210 valence electrons. The third kappa shape index (κ3) is 6.44. The van der Waals surface area contributed by atoms with Crippen molar-refractivity contribution >= 4 is 29.0 Å². The Hall–Kier alpha value is -4.34. The second-order valence-corrected chi connectivity index (χ2v) is 9.88. The number of urea groups is 1. The lowest BCUT2D eigenvalue weighted by atomic mass is 10.0. The van der Waals surface area contributed by atoms with E-state index in [1.165, 1.54) is 16.1 Å². The number of nitrogens with one attached hydrogen (secondary N) is 1. The molecule has 1 unspecified atom stereocenters. The maximum absolute atomic E-state index is 13.6. The van der Waals surface area contributed by atoms with E-state index in [-0.39, 0.29) is 18.0 Å². The van der Waals surface area contributed by atoms with E-state index in [9.17, 15) is 9.59 Å². The predicted octanol–water partition coefficient (Wildman–Crippen LogP) is 4.85. The SMILES string of the molecule is C=CN(C(=O)N(N)C(C)C)c1ccc(N2CCN(C(C(=O)Nc3ccccc3OC)c3ccccc3)CC2)cc1. The van der Waals surface area contributed by atoms with E-state index in [0.29, 0.717) is 30.2 Å². The number of carbonyl (C=O) groups is 2. The van der Waals surface area contributed by atoms with Crippen LogP contribution >= 0.6 is 0 Å². The van der Waals surface area contributed by atoms with E-state index in [1.54, 1.807) is 7.11 Å². The molecule has 1 atom stereocenters. The summed E-state index contributed by atoms with van der Waals surface area (Å²) < 4.78 is 5.43. The number of nitrogens with zero attached hydrogens (tertiary/aromatic N) is 4. The van der Waals surface area contributed by atoms with Gasteiger partial charge in [-0.2, -0.15) is 0 Å². The van der Waals surface area contributed by atoms with Crippen LogP contribution in [0.4, 0.5) is 21.9 Å². The minimum Gasteiger partial charge on any atom is -0.495 e. The van der Waals surface area contributed by atoms with Crippen LogP contribution < -0.4 is 25.7 Å². The summed E-state index contributed by atoms with van der Waals surface area (Å²) in [4.78, 5) is 32.3. The molecule has 40 heavy (non-hydrogen) atoms. The normalized spacial score (nSPS) is 14.4. The van der Waals surface area contributed by atoms with Gasteiger partial charge in [-0.25, -0.2) is 10.6 Å². The first-order chi connectivity index (χ1) is 19.3. The molecule has 0 saturated carbocycles. The maximum atomic E-state index is 13.6. The summed E-state index contributed by atoms with van der Waals surface area (Å²) in [5, 5.41) is 4.26. The molecule has 9 heteroatoms. The van der Waals surface area contributed by atoms with Gasteiger partial charge in [0.1, 0.15) is 11.8 Å². The molecule has 0 aromatic heterocycles. The smallest absolute Gasteiger partial charge is 0.342 e. The number of anilines is 3. The van der Waals surface area contributed by atoms with Crippen molar-refractivity contribution in [1.82, 2.24) is 9.91 Å². The molecule has 3 aromatic rings. The number of hydrazine groups is 1. The van der Waals surface area contributed by atoms with Crippen LogP contribution in [-0.2, 0) is 4.79 Å². The van der Waals surface area contributed by atoms with Crippen molar-refractivity contribution in [3.63, 3.8) is 0 Å². The van der Waals surface area contributed by atoms with Crippen LogP contribution in [0.1, 0.15) is 25.5 Å². The van der Waals surface area contributed by atoms with Gasteiger partial charge in [0.05, 0.1) is 18.5 Å². The Morgan fingerprint density at radius 2 is 1.57 bits per heavy atom. The Morgan fingerprint density at radius 1 is 0.950 bits per heavy atom. The highest BCUT2D eigenvalue weighted by molar-refractivity contribution is 5.97. The molecular weight excluding hydrogens is 504 g/mol. The molecule has 1 saturated heterocycles. The van der Waals surface area contributed by atoms with Gasteiger partial charge in [-0.3, -0.25) is 19.6 Å². The third-order valence-corrected chi connectivity index (χ3v) is 7.07. The number of methoxy groups -OCH3 is 1. The molecule has 1 aliphatic heterocycles. The number of hydrogen-bond acceptors (Lipinski definition) is 6. The summed E-state index contributed by atoms with van der Waals surface area (Å²) in [6, 6.07) is 24.1. The number of ether oxygens (including phenoxy) is 1. The van der Waals surface area contributed by atoms with Gasteiger partial charge in [0, 0.05) is 44.1 Å². The van der Waals surface area contributed by atoms with E-state index < -0.39 is 6.04 Å². The minimum absolute atomic E-state index is 0.0990. The highest BCUT2D eigenvalue weighted by Crippen LogP contribution is 2.29. The molecular formula is C31H38N6O3. The van der Waals surface area contributed by atoms with Crippen molar-refractivity contribution in [2.75, 3.05) is 48.4 Å². The van der Waals surface area contributed by atoms with Crippen LogP contribution in [0, 0.1) is 0 Å². The lowest BCUT2D eigenvalue weighted by Crippen LogP contribution is -2.50. The van der Waals surface area contributed by atoms with Crippen molar-refractivity contribution < 1.29 is 14.3 Å². The first-order valence-corrected chi connectivity index (χ1v) is 13.4. The van der Waals surface area contributed by atoms with Gasteiger partial charge < -0.3 is 15.0 Å². The molecule has 0 aliphatic carbocycles. The molecule has 3 amide bonds. The largest absolute Gasteiger partial charge is 0.495 e. The lowest BCUT2D eigenvalue weighted by molar-refractivity contribution is -0.121. The Labute approximate surface area is 236 Å². The number of amides is 3. The standard InChI is InChI=1S/C31H38N6O3/c1-5-36(31(39)37(32)23(2)3)26-17-15-25(16-18-26)34-19-21-35(22-20-34)29(24-11-7-6-8-12-24)30(38)33-27-13-9-10-14-28(27)40-4/h5-18,23,29H,1,19-22,32H2,2-4H3,(H,33,38). The molecule has 1 aliphatic rings. The Balaban J connectivity index is 1.46. The Bertz CT molecular complexity index is 1290. The van der Waals surface area contributed by atoms with Crippen molar-refractivity contribution in [3.8, 4) is 5.75 Å². The van der Waals surface area contributed by atoms with Gasteiger partial charge in [-0.05, 0) is 55.8 Å². The van der Waals surface area contributed by atoms with Gasteiger partial charge in [0.2, 0.25) is 5.91 Å². The third-order valence-electron chi connectivity index (χ3n) is 7.07. The quantitative estimate of drug-likeness (QED) is 0.228. The minimum atomic E-state index is -0.442. The van der Waals surface area contributed by atoms with Gasteiger partial charge in [0.25, 0.3) is 0 Å². The van der Waals surface area contributed by atoms with E-state index in [0.717, 1.165) is 24.3 Å². The molecule has 0 bridgehead atoms. The number of rotatable bonds is 9. The molecule has 1 heterocycles. The number of carbonyl (C=O) groups excluding carboxylic acids is 2. The lowest BCUT2D eigenvalue weighted by Gasteiger charge is -2.40. The van der Waals surface area contributed by atoms with Crippen LogP contribution in [-0.4, -0.2) is 61.2 Å². The van der Waals surface area contributed by atoms with Crippen molar-refractivity contribution in [1.29, 1.82) is 0 Å². The fraction of sp³-hybridized carbons (Fsp3) is 0.290. The molecule has 4 rings (SSSR count). The summed E-state index contributed by atoms with van der Waals surface area (Å²) >= 11 is 0. The number of benzene rings is 3. The second-order valence-electron chi connectivity index (χ2n) is 9.88. The number of para-hydroxylation sites is 2. The Morgan fingerprint density at radius 3 is 2.17 bits per heavy atom. The van der Waals surface area contributed by atoms with Crippen molar-refractivity contribution in [2.45, 2.75) is 25.9 Å². The zero-order chi connectivity index (χ0) is 28.6. The van der Waals surface area contributed by atoms with Crippen LogP contribution in [0.25, 0.3) is 0 Å². The fourth-order valence-electron chi connectivity index (χ4n) is 4.81. The van der Waals surface area contributed by atoms with Crippen molar-refractivity contribution in [3.05, 3.63) is 97.2 Å². The molecule has 3 aromatic carbocycles. The molecule has 3 N–H and O–H groups in total. The van der Waals surface area contributed by atoms with E-state index in [2.05, 4.69) is 21.7 Å². The number of nitrogens with two attached hydrogens (primary N) is 1. The van der Waals surface area contributed by atoms with Gasteiger partial charge in [-0.15, -0.1) is 0 Å². The molecule has 0 radical (unpaired) electrons. The van der Waals surface area contributed by atoms with Gasteiger partial charge >= 0.3 is 6.03 Å². The molecule has 0 spiro atoms. The summed E-state index contributed by atoms with van der Waals surface area (Å²) in [6.45, 7) is 10.4. The summed E-state index contributed by atoms with van der Waals surface area (Å²) in [5.41, 5.74) is 3.32. The van der Waals surface area contributed by atoms with Crippen LogP contribution in [0.5, 0.6) is 5.75 Å². The highest BCUT2D eigenvalue weighted by Gasteiger charge is 2.31. The van der Waals surface area contributed by atoms with E-state index in [1.807, 2.05) is 92.7 Å². The van der Waals surface area contributed by atoms with E-state index in [4.69, 9.17) is 10.6 Å². The summed E-state index contributed by atoms with van der Waals surface area (Å²) in [5.74, 6) is 6.45. The molecule has 9 nitrogen and oxygen atoms in total. The first-order valence-electron chi connectivity index (χ1n) is 13.4. The summed E-state index contributed by atoms with van der Waals surface area (Å²) in [6.07, 6.45) is 1.47. The maximum Gasteiger partial charge on any atom is 0.342 e. The average Bonchev–Trinajstić information content (AvgIpc) is 2.98. The number of hydrogen-bond donors (Lipinski definition) is 2. The zero-order valence-electron chi connectivity index (χ0n) is 23.4. The average molecular weight is 543 g/mol. The topological polar surface area (TPSA) is 94.4 Å².